The molecule has 0 aliphatic heterocycles. The molecule has 0 bridgehead atoms. The average molecular weight is 288 g/mol. The standard InChI is InChI=1S/C16H20N2OS/c1-20-15-9-8-14(11-15)18-16(19)13-6-4-12(5-7-13)3-2-10-17/h4-7,14-15H,8-11,17H2,1H3,(H,18,19). The van der Waals surface area contributed by atoms with Crippen molar-refractivity contribution in [3.63, 3.8) is 0 Å². The predicted molar refractivity (Wildman–Crippen MR) is 84.8 cm³/mol. The number of amides is 1. The third-order valence-corrected chi connectivity index (χ3v) is 4.63. The average Bonchev–Trinajstić information content (AvgIpc) is 2.93. The smallest absolute Gasteiger partial charge is 0.251 e. The summed E-state index contributed by atoms with van der Waals surface area (Å²) in [6.07, 6.45) is 5.49. The Morgan fingerprint density at radius 3 is 2.75 bits per heavy atom. The Balaban J connectivity index is 1.92. The van der Waals surface area contributed by atoms with Crippen LogP contribution < -0.4 is 11.1 Å². The van der Waals surface area contributed by atoms with Gasteiger partial charge in [0.15, 0.2) is 0 Å². The largest absolute Gasteiger partial charge is 0.349 e. The van der Waals surface area contributed by atoms with Crippen LogP contribution in [0.5, 0.6) is 0 Å². The third kappa shape index (κ3) is 4.03. The summed E-state index contributed by atoms with van der Waals surface area (Å²) in [6.45, 7) is 0.348. The molecule has 2 unspecified atom stereocenters. The molecule has 0 heterocycles. The molecule has 2 atom stereocenters. The SMILES string of the molecule is CSC1CCC(NC(=O)c2ccc(C#CCN)cc2)C1. The van der Waals surface area contributed by atoms with Gasteiger partial charge in [0.1, 0.15) is 0 Å². The highest BCUT2D eigenvalue weighted by Gasteiger charge is 2.25. The second-order valence-electron chi connectivity index (χ2n) is 4.92. The number of nitrogens with two attached hydrogens (primary N) is 1. The summed E-state index contributed by atoms with van der Waals surface area (Å²) in [6, 6.07) is 7.67. The number of thioether (sulfide) groups is 1. The normalized spacial score (nSPS) is 21.1. The number of benzene rings is 1. The minimum Gasteiger partial charge on any atom is -0.349 e. The van der Waals surface area contributed by atoms with Gasteiger partial charge in [-0.1, -0.05) is 11.8 Å². The van der Waals surface area contributed by atoms with Gasteiger partial charge in [0.2, 0.25) is 0 Å². The fourth-order valence-corrected chi connectivity index (χ4v) is 3.21. The van der Waals surface area contributed by atoms with Crippen LogP contribution >= 0.6 is 11.8 Å². The molecule has 1 aliphatic carbocycles. The molecule has 20 heavy (non-hydrogen) atoms. The van der Waals surface area contributed by atoms with Crippen molar-refractivity contribution >= 4 is 17.7 Å². The maximum absolute atomic E-state index is 12.1. The number of carbonyl (C=O) groups is 1. The van der Waals surface area contributed by atoms with Crippen LogP contribution in [-0.2, 0) is 0 Å². The number of hydrogen-bond acceptors (Lipinski definition) is 3. The number of rotatable bonds is 3. The minimum atomic E-state index is 0.00934. The lowest BCUT2D eigenvalue weighted by Crippen LogP contribution is -2.33. The van der Waals surface area contributed by atoms with Crippen molar-refractivity contribution in [1.82, 2.24) is 5.32 Å². The molecule has 2 rings (SSSR count). The summed E-state index contributed by atoms with van der Waals surface area (Å²) in [7, 11) is 0. The van der Waals surface area contributed by atoms with E-state index in [0.717, 1.165) is 18.4 Å². The summed E-state index contributed by atoms with van der Waals surface area (Å²) in [5, 5.41) is 3.80. The summed E-state index contributed by atoms with van der Waals surface area (Å²) in [5.41, 5.74) is 6.90. The molecule has 3 N–H and O–H groups in total. The van der Waals surface area contributed by atoms with Crippen LogP contribution in [0.3, 0.4) is 0 Å². The van der Waals surface area contributed by atoms with Crippen molar-refractivity contribution in [3.05, 3.63) is 35.4 Å². The van der Waals surface area contributed by atoms with Crippen molar-refractivity contribution in [1.29, 1.82) is 0 Å². The molecule has 3 nitrogen and oxygen atoms in total. The van der Waals surface area contributed by atoms with Gasteiger partial charge in [-0.3, -0.25) is 4.79 Å². The van der Waals surface area contributed by atoms with Gasteiger partial charge in [0.25, 0.3) is 5.91 Å². The van der Waals surface area contributed by atoms with Crippen molar-refractivity contribution in [2.45, 2.75) is 30.6 Å². The van der Waals surface area contributed by atoms with Gasteiger partial charge >= 0.3 is 0 Å². The molecule has 1 aromatic carbocycles. The van der Waals surface area contributed by atoms with E-state index in [9.17, 15) is 4.79 Å². The second-order valence-corrected chi connectivity index (χ2v) is 6.06. The second kappa shape index (κ2) is 7.37. The summed E-state index contributed by atoms with van der Waals surface area (Å²) in [5.74, 6) is 5.76. The van der Waals surface area contributed by atoms with E-state index >= 15 is 0 Å². The van der Waals surface area contributed by atoms with E-state index in [4.69, 9.17) is 5.73 Å². The predicted octanol–water partition coefficient (Wildman–Crippen LogP) is 2.01. The van der Waals surface area contributed by atoms with E-state index < -0.39 is 0 Å². The van der Waals surface area contributed by atoms with Crippen molar-refractivity contribution in [3.8, 4) is 11.8 Å². The first-order chi connectivity index (χ1) is 9.72. The van der Waals surface area contributed by atoms with Crippen molar-refractivity contribution in [2.24, 2.45) is 5.73 Å². The Morgan fingerprint density at radius 1 is 1.40 bits per heavy atom. The van der Waals surface area contributed by atoms with Crippen LogP contribution in [0, 0.1) is 11.8 Å². The van der Waals surface area contributed by atoms with Crippen LogP contribution in [-0.4, -0.2) is 30.0 Å². The highest BCUT2D eigenvalue weighted by molar-refractivity contribution is 7.99. The molecule has 1 aliphatic rings. The Labute approximate surface area is 124 Å². The van der Waals surface area contributed by atoms with Gasteiger partial charge in [-0.25, -0.2) is 0 Å². The number of nitrogens with one attached hydrogen (secondary N) is 1. The Kier molecular flexibility index (Phi) is 5.51. The molecule has 0 saturated heterocycles. The maximum atomic E-state index is 12.1. The molecule has 1 fully saturated rings. The van der Waals surface area contributed by atoms with Gasteiger partial charge in [-0.2, -0.15) is 11.8 Å². The molecule has 0 radical (unpaired) electrons. The zero-order valence-corrected chi connectivity index (χ0v) is 12.5. The fourth-order valence-electron chi connectivity index (χ4n) is 2.41. The molecule has 106 valence electrons. The summed E-state index contributed by atoms with van der Waals surface area (Å²) >= 11 is 1.89. The first-order valence-corrected chi connectivity index (χ1v) is 8.14. The first kappa shape index (κ1) is 15.0. The molecule has 1 saturated carbocycles. The third-order valence-electron chi connectivity index (χ3n) is 3.53. The van der Waals surface area contributed by atoms with E-state index in [2.05, 4.69) is 23.4 Å². The fraction of sp³-hybridized carbons (Fsp3) is 0.438. The molecule has 1 amide bonds. The van der Waals surface area contributed by atoms with E-state index in [-0.39, 0.29) is 5.91 Å². The summed E-state index contributed by atoms with van der Waals surface area (Å²) in [4.78, 5) is 12.1. The van der Waals surface area contributed by atoms with Gasteiger partial charge in [0, 0.05) is 22.4 Å². The van der Waals surface area contributed by atoms with E-state index in [0.29, 0.717) is 23.4 Å². The van der Waals surface area contributed by atoms with Crippen molar-refractivity contribution < 1.29 is 4.79 Å². The number of carbonyl (C=O) groups excluding carboxylic acids is 1. The molecule has 0 aromatic heterocycles. The lowest BCUT2D eigenvalue weighted by Gasteiger charge is -2.12. The maximum Gasteiger partial charge on any atom is 0.251 e. The quantitative estimate of drug-likeness (QED) is 0.837. The highest BCUT2D eigenvalue weighted by Crippen LogP contribution is 2.28. The number of hydrogen-bond donors (Lipinski definition) is 2. The monoisotopic (exact) mass is 288 g/mol. The topological polar surface area (TPSA) is 55.1 Å². The van der Waals surface area contributed by atoms with Gasteiger partial charge < -0.3 is 11.1 Å². The van der Waals surface area contributed by atoms with Crippen LogP contribution in [0.25, 0.3) is 0 Å². The Morgan fingerprint density at radius 2 is 2.15 bits per heavy atom. The Hall–Kier alpha value is -1.44. The Bertz CT molecular complexity index is 516. The van der Waals surface area contributed by atoms with Gasteiger partial charge in [-0.05, 0) is 49.8 Å². The lowest BCUT2D eigenvalue weighted by atomic mass is 10.1. The van der Waals surface area contributed by atoms with E-state index in [1.807, 2.05) is 36.0 Å². The van der Waals surface area contributed by atoms with Crippen LogP contribution in [0.1, 0.15) is 35.2 Å². The van der Waals surface area contributed by atoms with Crippen LogP contribution in [0.4, 0.5) is 0 Å². The first-order valence-electron chi connectivity index (χ1n) is 6.85. The molecule has 4 heteroatoms. The van der Waals surface area contributed by atoms with Crippen molar-refractivity contribution in [2.75, 3.05) is 12.8 Å². The minimum absolute atomic E-state index is 0.00934. The summed E-state index contributed by atoms with van der Waals surface area (Å²) < 4.78 is 0. The zero-order chi connectivity index (χ0) is 14.4. The molecular formula is C16H20N2OS. The van der Waals surface area contributed by atoms with Gasteiger partial charge in [0.05, 0.1) is 6.54 Å². The highest BCUT2D eigenvalue weighted by atomic mass is 32.2. The zero-order valence-electron chi connectivity index (χ0n) is 11.7. The molecule has 0 spiro atoms. The van der Waals surface area contributed by atoms with E-state index in [1.54, 1.807) is 0 Å². The molecule has 1 aromatic rings. The van der Waals surface area contributed by atoms with E-state index in [1.165, 1.54) is 6.42 Å². The van der Waals surface area contributed by atoms with Gasteiger partial charge in [-0.15, -0.1) is 0 Å². The van der Waals surface area contributed by atoms with Crippen LogP contribution in [0.2, 0.25) is 0 Å². The molecular weight excluding hydrogens is 268 g/mol. The lowest BCUT2D eigenvalue weighted by molar-refractivity contribution is 0.0938. The van der Waals surface area contributed by atoms with Crippen LogP contribution in [0.15, 0.2) is 24.3 Å².